The number of anilines is 1. The zero-order valence-corrected chi connectivity index (χ0v) is 14.6. The fourth-order valence-electron chi connectivity index (χ4n) is 2.22. The van der Waals surface area contributed by atoms with E-state index in [9.17, 15) is 4.79 Å². The van der Waals surface area contributed by atoms with Gasteiger partial charge in [0, 0.05) is 10.2 Å². The first kappa shape index (κ1) is 15.2. The van der Waals surface area contributed by atoms with Gasteiger partial charge in [0.2, 0.25) is 5.91 Å². The Morgan fingerprint density at radius 2 is 1.81 bits per heavy atom. The Morgan fingerprint density at radius 3 is 2.48 bits per heavy atom. The largest absolute Gasteiger partial charge is 0.295 e. The third-order valence-electron chi connectivity index (χ3n) is 3.20. The maximum absolute atomic E-state index is 12.2. The van der Waals surface area contributed by atoms with Gasteiger partial charge in [-0.1, -0.05) is 45.2 Å². The maximum atomic E-state index is 12.2. The molecule has 1 fully saturated rings. The van der Waals surface area contributed by atoms with Crippen LogP contribution >= 0.6 is 50.9 Å². The van der Waals surface area contributed by atoms with Crippen LogP contribution in [0.5, 0.6) is 0 Å². The van der Waals surface area contributed by atoms with Crippen molar-refractivity contribution in [3.63, 3.8) is 0 Å². The molecule has 1 heterocycles. The molecule has 0 aliphatic carbocycles. The second-order valence-corrected chi connectivity index (χ2v) is 7.38. The second kappa shape index (κ2) is 6.21. The first-order chi connectivity index (χ1) is 10.1. The lowest BCUT2D eigenvalue weighted by Gasteiger charge is -2.24. The number of thioether (sulfide) groups is 1. The Hall–Kier alpha value is -0.680. The Balaban J connectivity index is 1.99. The highest BCUT2D eigenvalue weighted by Crippen LogP contribution is 2.43. The van der Waals surface area contributed by atoms with Crippen LogP contribution in [0, 0.1) is 0 Å². The van der Waals surface area contributed by atoms with Crippen molar-refractivity contribution in [2.75, 3.05) is 10.7 Å². The Labute approximate surface area is 145 Å². The molecule has 0 spiro atoms. The first-order valence-corrected chi connectivity index (χ1v) is 8.80. The van der Waals surface area contributed by atoms with Crippen molar-refractivity contribution in [1.82, 2.24) is 0 Å². The van der Waals surface area contributed by atoms with Crippen LogP contribution in [-0.2, 0) is 4.79 Å². The number of halogens is 3. The summed E-state index contributed by atoms with van der Waals surface area (Å²) in [5, 5.41) is 0.947. The molecular formula is C15H10BrCl2NOS. The van der Waals surface area contributed by atoms with E-state index in [2.05, 4.69) is 15.9 Å². The molecule has 0 N–H and O–H groups in total. The van der Waals surface area contributed by atoms with E-state index >= 15 is 0 Å². The molecule has 1 atom stereocenters. The zero-order chi connectivity index (χ0) is 15.0. The summed E-state index contributed by atoms with van der Waals surface area (Å²) in [6.45, 7) is 0. The van der Waals surface area contributed by atoms with E-state index in [0.717, 1.165) is 15.7 Å². The molecule has 0 aromatic heterocycles. The fourth-order valence-corrected chi connectivity index (χ4v) is 3.96. The van der Waals surface area contributed by atoms with Crippen molar-refractivity contribution in [2.24, 2.45) is 0 Å². The predicted molar refractivity (Wildman–Crippen MR) is 93.3 cm³/mol. The highest BCUT2D eigenvalue weighted by atomic mass is 79.9. The van der Waals surface area contributed by atoms with Crippen molar-refractivity contribution < 1.29 is 4.79 Å². The van der Waals surface area contributed by atoms with Crippen LogP contribution in [0.3, 0.4) is 0 Å². The van der Waals surface area contributed by atoms with E-state index in [1.54, 1.807) is 22.7 Å². The number of hydrogen-bond donors (Lipinski definition) is 0. The van der Waals surface area contributed by atoms with E-state index in [1.165, 1.54) is 0 Å². The third kappa shape index (κ3) is 3.09. The lowest BCUT2D eigenvalue weighted by Crippen LogP contribution is -2.27. The zero-order valence-electron chi connectivity index (χ0n) is 10.7. The van der Waals surface area contributed by atoms with Crippen molar-refractivity contribution in [3.8, 4) is 0 Å². The summed E-state index contributed by atoms with van der Waals surface area (Å²) in [7, 11) is 0. The summed E-state index contributed by atoms with van der Waals surface area (Å²) < 4.78 is 0.983. The Bertz CT molecular complexity index is 693. The molecule has 1 saturated heterocycles. The summed E-state index contributed by atoms with van der Waals surface area (Å²) in [5.74, 6) is 0.555. The van der Waals surface area contributed by atoms with E-state index in [-0.39, 0.29) is 11.3 Å². The van der Waals surface area contributed by atoms with Gasteiger partial charge < -0.3 is 0 Å². The fraction of sp³-hybridized carbons (Fsp3) is 0.133. The number of rotatable bonds is 2. The summed E-state index contributed by atoms with van der Waals surface area (Å²) in [6.07, 6.45) is 0. The normalized spacial score (nSPS) is 18.3. The molecular weight excluding hydrogens is 393 g/mol. The van der Waals surface area contributed by atoms with Gasteiger partial charge in [0.25, 0.3) is 0 Å². The minimum atomic E-state index is -0.0755. The minimum Gasteiger partial charge on any atom is -0.295 e. The first-order valence-electron chi connectivity index (χ1n) is 6.20. The highest BCUT2D eigenvalue weighted by molar-refractivity contribution is 9.10. The van der Waals surface area contributed by atoms with E-state index in [1.807, 2.05) is 36.4 Å². The number of carbonyl (C=O) groups is 1. The average Bonchev–Trinajstić information content (AvgIpc) is 2.85. The van der Waals surface area contributed by atoms with Gasteiger partial charge in [-0.05, 0) is 42.0 Å². The molecule has 2 nitrogen and oxygen atoms in total. The summed E-state index contributed by atoms with van der Waals surface area (Å²) in [5.41, 5.74) is 1.85. The minimum absolute atomic E-state index is 0.0755. The average molecular weight is 403 g/mol. The highest BCUT2D eigenvalue weighted by Gasteiger charge is 2.34. The molecule has 3 rings (SSSR count). The Kier molecular flexibility index (Phi) is 4.50. The smallest absolute Gasteiger partial charge is 0.238 e. The van der Waals surface area contributed by atoms with Gasteiger partial charge in [-0.2, -0.15) is 0 Å². The molecule has 108 valence electrons. The van der Waals surface area contributed by atoms with Gasteiger partial charge in [0.15, 0.2) is 0 Å². The molecule has 21 heavy (non-hydrogen) atoms. The summed E-state index contributed by atoms with van der Waals surface area (Å²) >= 11 is 17.0. The standard InChI is InChI=1S/C15H10BrCl2NOS/c16-10-2-4-11(5-3-10)19-14(20)8-21-15(19)9-1-6-12(17)13(18)7-9/h1-7,15H,8H2/t15-/m1/s1. The van der Waals surface area contributed by atoms with Crippen molar-refractivity contribution in [3.05, 3.63) is 62.5 Å². The molecule has 0 radical (unpaired) electrons. The lowest BCUT2D eigenvalue weighted by atomic mass is 10.2. The quantitative estimate of drug-likeness (QED) is 0.657. The summed E-state index contributed by atoms with van der Waals surface area (Å²) in [4.78, 5) is 14.0. The third-order valence-corrected chi connectivity index (χ3v) is 5.68. The predicted octanol–water partition coefficient (Wildman–Crippen LogP) is 5.53. The van der Waals surface area contributed by atoms with E-state index < -0.39 is 0 Å². The molecule has 2 aromatic rings. The van der Waals surface area contributed by atoms with Gasteiger partial charge >= 0.3 is 0 Å². The van der Waals surface area contributed by atoms with E-state index in [0.29, 0.717) is 15.8 Å². The molecule has 1 aliphatic rings. The van der Waals surface area contributed by atoms with Crippen molar-refractivity contribution >= 4 is 62.5 Å². The van der Waals surface area contributed by atoms with Crippen LogP contribution in [0.15, 0.2) is 46.9 Å². The van der Waals surface area contributed by atoms with Gasteiger partial charge in [0.05, 0.1) is 15.8 Å². The molecule has 0 unspecified atom stereocenters. The van der Waals surface area contributed by atoms with Gasteiger partial charge in [-0.3, -0.25) is 9.69 Å². The van der Waals surface area contributed by atoms with Crippen LogP contribution in [0.25, 0.3) is 0 Å². The van der Waals surface area contributed by atoms with Crippen molar-refractivity contribution in [2.45, 2.75) is 5.37 Å². The summed E-state index contributed by atoms with van der Waals surface area (Å²) in [6, 6.07) is 13.2. The van der Waals surface area contributed by atoms with Crippen LogP contribution in [0.2, 0.25) is 10.0 Å². The molecule has 0 bridgehead atoms. The number of carbonyl (C=O) groups excluding carboxylic acids is 1. The van der Waals surface area contributed by atoms with E-state index in [4.69, 9.17) is 23.2 Å². The van der Waals surface area contributed by atoms with Gasteiger partial charge in [-0.15, -0.1) is 11.8 Å². The number of amides is 1. The molecule has 0 saturated carbocycles. The molecule has 2 aromatic carbocycles. The Morgan fingerprint density at radius 1 is 1.10 bits per heavy atom. The van der Waals surface area contributed by atoms with Crippen LogP contribution in [0.1, 0.15) is 10.9 Å². The topological polar surface area (TPSA) is 20.3 Å². The molecule has 1 aliphatic heterocycles. The second-order valence-electron chi connectivity index (χ2n) is 4.58. The maximum Gasteiger partial charge on any atom is 0.238 e. The lowest BCUT2D eigenvalue weighted by molar-refractivity contribution is -0.115. The molecule has 6 heteroatoms. The number of benzene rings is 2. The number of hydrogen-bond acceptors (Lipinski definition) is 2. The van der Waals surface area contributed by atoms with Crippen LogP contribution < -0.4 is 4.90 Å². The van der Waals surface area contributed by atoms with Gasteiger partial charge in [-0.25, -0.2) is 0 Å². The molecule has 1 amide bonds. The monoisotopic (exact) mass is 401 g/mol. The van der Waals surface area contributed by atoms with Crippen LogP contribution in [0.4, 0.5) is 5.69 Å². The number of nitrogens with zero attached hydrogens (tertiary/aromatic N) is 1. The van der Waals surface area contributed by atoms with Gasteiger partial charge in [0.1, 0.15) is 5.37 Å². The SMILES string of the molecule is O=C1CS[C@H](c2ccc(Cl)c(Cl)c2)N1c1ccc(Br)cc1. The van der Waals surface area contributed by atoms with Crippen molar-refractivity contribution in [1.29, 1.82) is 0 Å². The van der Waals surface area contributed by atoms with Crippen LogP contribution in [-0.4, -0.2) is 11.7 Å².